The van der Waals surface area contributed by atoms with Crippen LogP contribution >= 0.6 is 15.9 Å². The monoisotopic (exact) mass is 297 g/mol. The zero-order chi connectivity index (χ0) is 12.1. The summed E-state index contributed by atoms with van der Waals surface area (Å²) in [6, 6.07) is 4.18. The van der Waals surface area contributed by atoms with Gasteiger partial charge in [0.15, 0.2) is 0 Å². The summed E-state index contributed by atoms with van der Waals surface area (Å²) >= 11 is 3.41. The first-order valence-corrected chi connectivity index (χ1v) is 7.03. The highest BCUT2D eigenvalue weighted by molar-refractivity contribution is 9.10. The highest BCUT2D eigenvalue weighted by Gasteiger charge is 2.14. The fourth-order valence-electron chi connectivity index (χ4n) is 2.44. The molecule has 0 aromatic carbocycles. The summed E-state index contributed by atoms with van der Waals surface area (Å²) in [5, 5.41) is 3.47. The number of pyridine rings is 1. The van der Waals surface area contributed by atoms with Crippen molar-refractivity contribution in [3.63, 3.8) is 0 Å². The van der Waals surface area contributed by atoms with Crippen LogP contribution < -0.4 is 5.32 Å². The van der Waals surface area contributed by atoms with Crippen LogP contribution in [0.4, 0.5) is 0 Å². The molecule has 1 N–H and O–H groups in total. The molecule has 0 amide bonds. The van der Waals surface area contributed by atoms with Gasteiger partial charge in [-0.05, 0) is 72.5 Å². The van der Waals surface area contributed by atoms with E-state index in [0.717, 1.165) is 17.1 Å². The summed E-state index contributed by atoms with van der Waals surface area (Å²) in [5.41, 5.74) is 1.32. The molecule has 1 aliphatic rings. The van der Waals surface area contributed by atoms with E-state index in [9.17, 15) is 0 Å². The molecule has 1 aromatic heterocycles. The van der Waals surface area contributed by atoms with Crippen molar-refractivity contribution >= 4 is 15.9 Å². The summed E-state index contributed by atoms with van der Waals surface area (Å²) < 4.78 is 0.919. The average Bonchev–Trinajstić information content (AvgIpc) is 2.30. The minimum Gasteiger partial charge on any atom is -0.316 e. The second-order valence-corrected chi connectivity index (χ2v) is 5.71. The van der Waals surface area contributed by atoms with Gasteiger partial charge in [-0.3, -0.25) is 0 Å². The zero-order valence-corrected chi connectivity index (χ0v) is 11.9. The Balaban J connectivity index is 1.82. The number of nitrogens with zero attached hydrogens (tertiary/aromatic N) is 2. The number of piperidine rings is 1. The topological polar surface area (TPSA) is 28.2 Å². The molecule has 0 aliphatic carbocycles. The van der Waals surface area contributed by atoms with Gasteiger partial charge in [0.25, 0.3) is 0 Å². The maximum Gasteiger partial charge on any atom is 0.106 e. The number of nitrogens with one attached hydrogen (secondary N) is 1. The maximum absolute atomic E-state index is 4.15. The lowest BCUT2D eigenvalue weighted by Crippen LogP contribution is -2.36. The Kier molecular flexibility index (Phi) is 4.95. The Morgan fingerprint density at radius 1 is 1.59 bits per heavy atom. The third-order valence-electron chi connectivity index (χ3n) is 3.21. The van der Waals surface area contributed by atoms with Gasteiger partial charge in [0.05, 0.1) is 0 Å². The van der Waals surface area contributed by atoms with Crippen LogP contribution in [-0.4, -0.2) is 36.6 Å². The van der Waals surface area contributed by atoms with Gasteiger partial charge in [-0.2, -0.15) is 0 Å². The fraction of sp³-hybridized carbons (Fsp3) is 0.615. The van der Waals surface area contributed by atoms with Gasteiger partial charge in [-0.25, -0.2) is 4.98 Å². The first kappa shape index (κ1) is 13.0. The van der Waals surface area contributed by atoms with Crippen LogP contribution in [0.15, 0.2) is 22.9 Å². The molecular formula is C13H20BrN3. The Bertz CT molecular complexity index is 350. The van der Waals surface area contributed by atoms with Crippen LogP contribution in [0.1, 0.15) is 18.4 Å². The molecule has 17 heavy (non-hydrogen) atoms. The Morgan fingerprint density at radius 3 is 3.18 bits per heavy atom. The molecule has 1 atom stereocenters. The van der Waals surface area contributed by atoms with E-state index in [1.807, 2.05) is 6.20 Å². The summed E-state index contributed by atoms with van der Waals surface area (Å²) in [4.78, 5) is 6.55. The van der Waals surface area contributed by atoms with Gasteiger partial charge in [-0.1, -0.05) is 0 Å². The van der Waals surface area contributed by atoms with E-state index in [2.05, 4.69) is 50.3 Å². The molecule has 0 bridgehead atoms. The minimum atomic E-state index is 0.805. The third kappa shape index (κ3) is 4.37. The maximum atomic E-state index is 4.15. The summed E-state index contributed by atoms with van der Waals surface area (Å²) in [5.74, 6) is 0.805. The lowest BCUT2D eigenvalue weighted by Gasteiger charge is -2.27. The summed E-state index contributed by atoms with van der Waals surface area (Å²) in [7, 11) is 2.20. The van der Waals surface area contributed by atoms with Crippen molar-refractivity contribution in [1.29, 1.82) is 0 Å². The van der Waals surface area contributed by atoms with Crippen LogP contribution in [-0.2, 0) is 6.54 Å². The standard InChI is InChI=1S/C13H20BrN3/c1-17(10-12-3-2-5-15-8-12)9-11-4-6-16-13(14)7-11/h4,6-7,12,15H,2-3,5,8-10H2,1H3. The van der Waals surface area contributed by atoms with E-state index in [-0.39, 0.29) is 0 Å². The zero-order valence-electron chi connectivity index (χ0n) is 10.3. The first-order valence-electron chi connectivity index (χ1n) is 6.24. The van der Waals surface area contributed by atoms with Crippen LogP contribution in [0.3, 0.4) is 0 Å². The van der Waals surface area contributed by atoms with Crippen molar-refractivity contribution in [3.8, 4) is 0 Å². The van der Waals surface area contributed by atoms with Gasteiger partial charge >= 0.3 is 0 Å². The van der Waals surface area contributed by atoms with Gasteiger partial charge in [0, 0.05) is 19.3 Å². The number of hydrogen-bond donors (Lipinski definition) is 1. The van der Waals surface area contributed by atoms with E-state index >= 15 is 0 Å². The highest BCUT2D eigenvalue weighted by atomic mass is 79.9. The van der Waals surface area contributed by atoms with Crippen molar-refractivity contribution in [2.45, 2.75) is 19.4 Å². The predicted octanol–water partition coefficient (Wildman–Crippen LogP) is 2.28. The number of hydrogen-bond acceptors (Lipinski definition) is 3. The summed E-state index contributed by atoms with van der Waals surface area (Å²) in [6.45, 7) is 4.53. The van der Waals surface area contributed by atoms with Crippen molar-refractivity contribution in [2.75, 3.05) is 26.7 Å². The van der Waals surface area contributed by atoms with Crippen molar-refractivity contribution < 1.29 is 0 Å². The molecule has 1 aliphatic heterocycles. The fourth-order valence-corrected chi connectivity index (χ4v) is 2.85. The number of halogens is 1. The van der Waals surface area contributed by atoms with Crippen LogP contribution in [0.2, 0.25) is 0 Å². The van der Waals surface area contributed by atoms with Crippen LogP contribution in [0.25, 0.3) is 0 Å². The lowest BCUT2D eigenvalue weighted by molar-refractivity contribution is 0.237. The molecule has 0 spiro atoms. The average molecular weight is 298 g/mol. The molecule has 3 nitrogen and oxygen atoms in total. The van der Waals surface area contributed by atoms with Gasteiger partial charge < -0.3 is 10.2 Å². The van der Waals surface area contributed by atoms with Gasteiger partial charge in [0.1, 0.15) is 4.60 Å². The van der Waals surface area contributed by atoms with E-state index in [0.29, 0.717) is 0 Å². The molecule has 1 saturated heterocycles. The smallest absolute Gasteiger partial charge is 0.106 e. The number of rotatable bonds is 4. The number of aromatic nitrogens is 1. The summed E-state index contributed by atoms with van der Waals surface area (Å²) in [6.07, 6.45) is 4.53. The molecule has 4 heteroatoms. The van der Waals surface area contributed by atoms with E-state index in [1.165, 1.54) is 38.0 Å². The molecule has 2 heterocycles. The molecule has 1 unspecified atom stereocenters. The van der Waals surface area contributed by atoms with Gasteiger partial charge in [0.2, 0.25) is 0 Å². The molecule has 1 fully saturated rings. The van der Waals surface area contributed by atoms with Crippen LogP contribution in [0, 0.1) is 5.92 Å². The molecule has 2 rings (SSSR count). The van der Waals surface area contributed by atoms with E-state index < -0.39 is 0 Å². The quantitative estimate of drug-likeness (QED) is 0.864. The second-order valence-electron chi connectivity index (χ2n) is 4.90. The minimum absolute atomic E-state index is 0.805. The first-order chi connectivity index (χ1) is 8.24. The Labute approximate surface area is 112 Å². The van der Waals surface area contributed by atoms with Crippen molar-refractivity contribution in [1.82, 2.24) is 15.2 Å². The highest BCUT2D eigenvalue weighted by Crippen LogP contribution is 2.14. The molecule has 0 saturated carbocycles. The SMILES string of the molecule is CN(Cc1ccnc(Br)c1)CC1CCCNC1. The third-order valence-corrected chi connectivity index (χ3v) is 3.65. The van der Waals surface area contributed by atoms with Crippen LogP contribution in [0.5, 0.6) is 0 Å². The molecule has 0 radical (unpaired) electrons. The molecule has 94 valence electrons. The van der Waals surface area contributed by atoms with Crippen molar-refractivity contribution in [3.05, 3.63) is 28.5 Å². The normalized spacial score (nSPS) is 20.8. The lowest BCUT2D eigenvalue weighted by atomic mass is 9.99. The predicted molar refractivity (Wildman–Crippen MR) is 73.9 cm³/mol. The Morgan fingerprint density at radius 2 is 2.47 bits per heavy atom. The molecule has 1 aromatic rings. The van der Waals surface area contributed by atoms with Crippen molar-refractivity contribution in [2.24, 2.45) is 5.92 Å². The van der Waals surface area contributed by atoms with Gasteiger partial charge in [-0.15, -0.1) is 0 Å². The largest absolute Gasteiger partial charge is 0.316 e. The van der Waals surface area contributed by atoms with E-state index in [4.69, 9.17) is 0 Å². The molecular weight excluding hydrogens is 278 g/mol. The Hall–Kier alpha value is -0.450. The second kappa shape index (κ2) is 6.47. The van der Waals surface area contributed by atoms with E-state index in [1.54, 1.807) is 0 Å².